The molecule has 3 aliphatic heterocycles. The van der Waals surface area contributed by atoms with Crippen molar-refractivity contribution < 1.29 is 0 Å². The Labute approximate surface area is 112 Å². The Bertz CT molecular complexity index is 268. The maximum absolute atomic E-state index is 3.90. The minimum absolute atomic E-state index is 0.778. The minimum Gasteiger partial charge on any atom is -0.311 e. The van der Waals surface area contributed by atoms with E-state index in [1.54, 1.807) is 0 Å². The van der Waals surface area contributed by atoms with E-state index in [0.717, 1.165) is 18.1 Å². The second-order valence-corrected chi connectivity index (χ2v) is 6.53. The zero-order valence-corrected chi connectivity index (χ0v) is 11.9. The van der Waals surface area contributed by atoms with Gasteiger partial charge in [-0.1, -0.05) is 12.8 Å². The number of fused-ring (bicyclic) bond motifs is 1. The first kappa shape index (κ1) is 12.9. The quantitative estimate of drug-likeness (QED) is 0.823. The SMILES string of the molecule is CN1CCCCC1CNC1CCN2CCCCC12. The summed E-state index contributed by atoms with van der Waals surface area (Å²) in [5, 5.41) is 3.90. The Hall–Kier alpha value is -0.120. The van der Waals surface area contributed by atoms with Crippen LogP contribution in [0.1, 0.15) is 44.9 Å². The summed E-state index contributed by atoms with van der Waals surface area (Å²) in [6.45, 7) is 5.20. The van der Waals surface area contributed by atoms with Crippen LogP contribution in [0, 0.1) is 0 Å². The van der Waals surface area contributed by atoms with Gasteiger partial charge in [-0.25, -0.2) is 0 Å². The summed E-state index contributed by atoms with van der Waals surface area (Å²) >= 11 is 0. The van der Waals surface area contributed by atoms with Crippen molar-refractivity contribution in [3.05, 3.63) is 0 Å². The van der Waals surface area contributed by atoms with E-state index in [0.29, 0.717) is 0 Å². The van der Waals surface area contributed by atoms with Gasteiger partial charge in [0.2, 0.25) is 0 Å². The van der Waals surface area contributed by atoms with Gasteiger partial charge in [-0.2, -0.15) is 0 Å². The van der Waals surface area contributed by atoms with E-state index in [2.05, 4.69) is 22.2 Å². The monoisotopic (exact) mass is 251 g/mol. The van der Waals surface area contributed by atoms with Crippen molar-refractivity contribution in [2.75, 3.05) is 33.2 Å². The molecular weight excluding hydrogens is 222 g/mol. The molecule has 3 saturated heterocycles. The zero-order valence-electron chi connectivity index (χ0n) is 11.9. The smallest absolute Gasteiger partial charge is 0.0249 e. The highest BCUT2D eigenvalue weighted by molar-refractivity contribution is 4.94. The van der Waals surface area contributed by atoms with E-state index in [-0.39, 0.29) is 0 Å². The lowest BCUT2D eigenvalue weighted by Crippen LogP contribution is -2.50. The lowest BCUT2D eigenvalue weighted by molar-refractivity contribution is 0.158. The lowest BCUT2D eigenvalue weighted by atomic mass is 9.98. The van der Waals surface area contributed by atoms with Crippen LogP contribution in [0.4, 0.5) is 0 Å². The van der Waals surface area contributed by atoms with Crippen molar-refractivity contribution in [2.45, 2.75) is 63.1 Å². The topological polar surface area (TPSA) is 18.5 Å². The fourth-order valence-corrected chi connectivity index (χ4v) is 4.17. The first-order valence-corrected chi connectivity index (χ1v) is 8.02. The van der Waals surface area contributed by atoms with Crippen molar-refractivity contribution >= 4 is 0 Å². The summed E-state index contributed by atoms with van der Waals surface area (Å²) in [6, 6.07) is 2.42. The Morgan fingerprint density at radius 3 is 2.67 bits per heavy atom. The summed E-state index contributed by atoms with van der Waals surface area (Å²) in [7, 11) is 2.30. The molecule has 3 heteroatoms. The summed E-state index contributed by atoms with van der Waals surface area (Å²) in [4.78, 5) is 5.29. The fourth-order valence-electron chi connectivity index (χ4n) is 4.17. The van der Waals surface area contributed by atoms with Crippen molar-refractivity contribution in [2.24, 2.45) is 0 Å². The van der Waals surface area contributed by atoms with Crippen LogP contribution in [-0.2, 0) is 0 Å². The first-order valence-electron chi connectivity index (χ1n) is 8.02. The van der Waals surface area contributed by atoms with Crippen molar-refractivity contribution in [3.8, 4) is 0 Å². The molecule has 3 heterocycles. The number of hydrogen-bond acceptors (Lipinski definition) is 3. The Morgan fingerprint density at radius 1 is 0.944 bits per heavy atom. The Balaban J connectivity index is 1.48. The van der Waals surface area contributed by atoms with Gasteiger partial charge in [0.05, 0.1) is 0 Å². The maximum Gasteiger partial charge on any atom is 0.0249 e. The largest absolute Gasteiger partial charge is 0.311 e. The molecule has 104 valence electrons. The molecule has 3 unspecified atom stereocenters. The highest BCUT2D eigenvalue weighted by Gasteiger charge is 2.35. The van der Waals surface area contributed by atoms with Crippen molar-refractivity contribution in [1.29, 1.82) is 0 Å². The van der Waals surface area contributed by atoms with E-state index in [1.807, 2.05) is 0 Å². The van der Waals surface area contributed by atoms with Gasteiger partial charge in [0.15, 0.2) is 0 Å². The highest BCUT2D eigenvalue weighted by Crippen LogP contribution is 2.27. The predicted octanol–water partition coefficient (Wildman–Crippen LogP) is 1.69. The lowest BCUT2D eigenvalue weighted by Gasteiger charge is -2.36. The van der Waals surface area contributed by atoms with E-state index in [9.17, 15) is 0 Å². The molecule has 0 saturated carbocycles. The van der Waals surface area contributed by atoms with Gasteiger partial charge in [-0.3, -0.25) is 4.90 Å². The second kappa shape index (κ2) is 5.89. The Kier molecular flexibility index (Phi) is 4.22. The summed E-state index contributed by atoms with van der Waals surface area (Å²) in [5.41, 5.74) is 0. The van der Waals surface area contributed by atoms with Gasteiger partial charge in [-0.15, -0.1) is 0 Å². The molecule has 3 nitrogen and oxygen atoms in total. The molecule has 3 fully saturated rings. The molecule has 0 aromatic carbocycles. The van der Waals surface area contributed by atoms with Crippen LogP contribution in [0.2, 0.25) is 0 Å². The van der Waals surface area contributed by atoms with Crippen LogP contribution in [-0.4, -0.2) is 61.2 Å². The molecule has 3 atom stereocenters. The van der Waals surface area contributed by atoms with Crippen LogP contribution in [0.15, 0.2) is 0 Å². The molecule has 0 aromatic heterocycles. The third-order valence-electron chi connectivity index (χ3n) is 5.39. The van der Waals surface area contributed by atoms with E-state index < -0.39 is 0 Å². The molecule has 0 aliphatic carbocycles. The van der Waals surface area contributed by atoms with Gasteiger partial charge in [0.25, 0.3) is 0 Å². The number of likely N-dealkylation sites (tertiary alicyclic amines) is 1. The van der Waals surface area contributed by atoms with E-state index in [1.165, 1.54) is 71.1 Å². The zero-order chi connectivity index (χ0) is 12.4. The van der Waals surface area contributed by atoms with Crippen LogP contribution < -0.4 is 5.32 Å². The van der Waals surface area contributed by atoms with Crippen molar-refractivity contribution in [3.63, 3.8) is 0 Å². The number of nitrogens with zero attached hydrogens (tertiary/aromatic N) is 2. The van der Waals surface area contributed by atoms with E-state index in [4.69, 9.17) is 0 Å². The molecular formula is C15H29N3. The normalized spacial score (nSPS) is 38.8. The molecule has 0 spiro atoms. The van der Waals surface area contributed by atoms with Gasteiger partial charge >= 0.3 is 0 Å². The number of hydrogen-bond donors (Lipinski definition) is 1. The van der Waals surface area contributed by atoms with Gasteiger partial charge in [0.1, 0.15) is 0 Å². The third-order valence-corrected chi connectivity index (χ3v) is 5.39. The molecule has 3 aliphatic rings. The van der Waals surface area contributed by atoms with Gasteiger partial charge in [0, 0.05) is 31.2 Å². The predicted molar refractivity (Wildman–Crippen MR) is 75.9 cm³/mol. The van der Waals surface area contributed by atoms with E-state index >= 15 is 0 Å². The number of piperidine rings is 2. The maximum atomic E-state index is 3.90. The average Bonchev–Trinajstić information content (AvgIpc) is 2.81. The number of likely N-dealkylation sites (N-methyl/N-ethyl adjacent to an activating group) is 1. The van der Waals surface area contributed by atoms with Crippen LogP contribution in [0.3, 0.4) is 0 Å². The standard InChI is InChI=1S/C15H29N3/c1-17-9-4-2-6-13(17)12-16-14-8-11-18-10-5-3-7-15(14)18/h13-16H,2-12H2,1H3. The summed E-state index contributed by atoms with van der Waals surface area (Å²) in [6.07, 6.45) is 9.89. The molecule has 0 radical (unpaired) electrons. The summed E-state index contributed by atoms with van der Waals surface area (Å²) < 4.78 is 0. The first-order chi connectivity index (χ1) is 8.84. The van der Waals surface area contributed by atoms with Crippen LogP contribution in [0.5, 0.6) is 0 Å². The second-order valence-electron chi connectivity index (χ2n) is 6.53. The third kappa shape index (κ3) is 2.73. The highest BCUT2D eigenvalue weighted by atomic mass is 15.2. The molecule has 1 N–H and O–H groups in total. The number of rotatable bonds is 3. The van der Waals surface area contributed by atoms with Crippen LogP contribution >= 0.6 is 0 Å². The molecule has 0 aromatic rings. The average molecular weight is 251 g/mol. The van der Waals surface area contributed by atoms with Gasteiger partial charge in [-0.05, 0) is 52.2 Å². The fraction of sp³-hybridized carbons (Fsp3) is 1.00. The summed E-state index contributed by atoms with van der Waals surface area (Å²) in [5.74, 6) is 0. The molecule has 0 amide bonds. The van der Waals surface area contributed by atoms with Crippen molar-refractivity contribution in [1.82, 2.24) is 15.1 Å². The Morgan fingerprint density at radius 2 is 1.78 bits per heavy atom. The molecule has 18 heavy (non-hydrogen) atoms. The minimum atomic E-state index is 0.778. The molecule has 3 rings (SSSR count). The van der Waals surface area contributed by atoms with Gasteiger partial charge < -0.3 is 10.2 Å². The van der Waals surface area contributed by atoms with Crippen LogP contribution in [0.25, 0.3) is 0 Å². The number of nitrogens with one attached hydrogen (secondary N) is 1. The molecule has 0 bridgehead atoms.